The lowest BCUT2D eigenvalue weighted by atomic mass is 10.2. The minimum Gasteiger partial charge on any atom is -0.300 e. The first kappa shape index (κ1) is 14.1. The molecule has 104 valence electrons. The van der Waals surface area contributed by atoms with Crippen molar-refractivity contribution in [2.75, 3.05) is 7.05 Å². The standard InChI is InChI=1S/C16H25N3/c1-12(2)18(5)11-15-10-17-19(13(3)4)16(15)9-8-14-6-7-14/h10,12-14H,6-7,11H2,1-5H3. The van der Waals surface area contributed by atoms with Gasteiger partial charge in [0.25, 0.3) is 0 Å². The molecule has 1 fully saturated rings. The molecule has 3 heteroatoms. The molecule has 0 spiro atoms. The quantitative estimate of drug-likeness (QED) is 0.775. The number of rotatable bonds is 4. The molecule has 1 heterocycles. The third-order valence-electron chi connectivity index (χ3n) is 3.63. The zero-order valence-corrected chi connectivity index (χ0v) is 12.8. The third kappa shape index (κ3) is 3.61. The highest BCUT2D eigenvalue weighted by atomic mass is 15.3. The second-order valence-corrected chi connectivity index (χ2v) is 6.11. The molecule has 1 aliphatic carbocycles. The Balaban J connectivity index is 2.24. The van der Waals surface area contributed by atoms with Crippen LogP contribution in [0.1, 0.15) is 57.8 Å². The largest absolute Gasteiger partial charge is 0.300 e. The Labute approximate surface area is 117 Å². The van der Waals surface area contributed by atoms with E-state index in [2.05, 4.69) is 61.3 Å². The fourth-order valence-corrected chi connectivity index (χ4v) is 1.89. The molecule has 0 aromatic carbocycles. The van der Waals surface area contributed by atoms with Gasteiger partial charge in [-0.2, -0.15) is 5.10 Å². The first-order valence-corrected chi connectivity index (χ1v) is 7.27. The van der Waals surface area contributed by atoms with Crippen molar-refractivity contribution in [2.24, 2.45) is 5.92 Å². The predicted molar refractivity (Wildman–Crippen MR) is 78.8 cm³/mol. The van der Waals surface area contributed by atoms with Gasteiger partial charge in [-0.3, -0.25) is 9.58 Å². The van der Waals surface area contributed by atoms with Crippen LogP contribution in [0.25, 0.3) is 0 Å². The molecule has 2 rings (SSSR count). The number of aromatic nitrogens is 2. The van der Waals surface area contributed by atoms with Crippen LogP contribution in [-0.4, -0.2) is 27.8 Å². The Bertz CT molecular complexity index is 484. The summed E-state index contributed by atoms with van der Waals surface area (Å²) in [4.78, 5) is 2.32. The predicted octanol–water partition coefficient (Wildman–Crippen LogP) is 3.07. The van der Waals surface area contributed by atoms with E-state index in [4.69, 9.17) is 0 Å². The Hall–Kier alpha value is -1.27. The molecule has 0 atom stereocenters. The van der Waals surface area contributed by atoms with Crippen molar-refractivity contribution in [1.29, 1.82) is 0 Å². The maximum absolute atomic E-state index is 4.51. The van der Waals surface area contributed by atoms with E-state index in [9.17, 15) is 0 Å². The van der Waals surface area contributed by atoms with Crippen LogP contribution in [0.5, 0.6) is 0 Å². The smallest absolute Gasteiger partial charge is 0.115 e. The highest BCUT2D eigenvalue weighted by Gasteiger charge is 2.19. The average molecular weight is 259 g/mol. The molecule has 0 bridgehead atoms. The third-order valence-corrected chi connectivity index (χ3v) is 3.63. The van der Waals surface area contributed by atoms with Crippen molar-refractivity contribution in [2.45, 2.75) is 59.2 Å². The Morgan fingerprint density at radius 2 is 2.05 bits per heavy atom. The summed E-state index contributed by atoms with van der Waals surface area (Å²) in [6, 6.07) is 0.897. The van der Waals surface area contributed by atoms with Gasteiger partial charge in [0.05, 0.1) is 6.20 Å². The summed E-state index contributed by atoms with van der Waals surface area (Å²) < 4.78 is 2.05. The van der Waals surface area contributed by atoms with E-state index in [1.165, 1.54) is 18.4 Å². The van der Waals surface area contributed by atoms with Crippen LogP contribution in [0.4, 0.5) is 0 Å². The lowest BCUT2D eigenvalue weighted by Gasteiger charge is -2.20. The molecule has 1 aromatic heterocycles. The normalized spacial score (nSPS) is 15.2. The van der Waals surface area contributed by atoms with E-state index in [1.807, 2.05) is 6.20 Å². The highest BCUT2D eigenvalue weighted by molar-refractivity contribution is 5.36. The van der Waals surface area contributed by atoms with Crippen molar-refractivity contribution in [3.63, 3.8) is 0 Å². The monoisotopic (exact) mass is 259 g/mol. The lowest BCUT2D eigenvalue weighted by Crippen LogP contribution is -2.25. The first-order valence-electron chi connectivity index (χ1n) is 7.27. The molecule has 1 saturated carbocycles. The zero-order chi connectivity index (χ0) is 14.0. The van der Waals surface area contributed by atoms with Gasteiger partial charge in [-0.05, 0) is 53.5 Å². The molecule has 0 saturated heterocycles. The second kappa shape index (κ2) is 5.79. The fourth-order valence-electron chi connectivity index (χ4n) is 1.89. The molecule has 0 aliphatic heterocycles. The van der Waals surface area contributed by atoms with E-state index >= 15 is 0 Å². The fraction of sp³-hybridized carbons (Fsp3) is 0.688. The topological polar surface area (TPSA) is 21.1 Å². The van der Waals surface area contributed by atoms with Crippen LogP contribution in [0.3, 0.4) is 0 Å². The van der Waals surface area contributed by atoms with Gasteiger partial charge in [-0.15, -0.1) is 0 Å². The molecule has 0 N–H and O–H groups in total. The van der Waals surface area contributed by atoms with Gasteiger partial charge in [-0.25, -0.2) is 0 Å². The van der Waals surface area contributed by atoms with Crippen molar-refractivity contribution in [3.05, 3.63) is 17.5 Å². The molecule has 0 unspecified atom stereocenters. The molecule has 0 amide bonds. The molecular formula is C16H25N3. The van der Waals surface area contributed by atoms with Crippen LogP contribution in [-0.2, 0) is 6.54 Å². The first-order chi connectivity index (χ1) is 8.99. The van der Waals surface area contributed by atoms with Gasteiger partial charge >= 0.3 is 0 Å². The number of hydrogen-bond donors (Lipinski definition) is 0. The number of hydrogen-bond acceptors (Lipinski definition) is 2. The second-order valence-electron chi connectivity index (χ2n) is 6.11. The lowest BCUT2D eigenvalue weighted by molar-refractivity contribution is 0.265. The van der Waals surface area contributed by atoms with E-state index in [0.717, 1.165) is 12.2 Å². The molecular weight excluding hydrogens is 234 g/mol. The maximum atomic E-state index is 4.51. The maximum Gasteiger partial charge on any atom is 0.115 e. The van der Waals surface area contributed by atoms with Crippen LogP contribution < -0.4 is 0 Å². The van der Waals surface area contributed by atoms with Crippen LogP contribution in [0.15, 0.2) is 6.20 Å². The summed E-state index contributed by atoms with van der Waals surface area (Å²) in [5.41, 5.74) is 2.35. The molecule has 19 heavy (non-hydrogen) atoms. The Morgan fingerprint density at radius 1 is 1.37 bits per heavy atom. The van der Waals surface area contributed by atoms with Crippen LogP contribution in [0.2, 0.25) is 0 Å². The van der Waals surface area contributed by atoms with E-state index in [0.29, 0.717) is 18.0 Å². The van der Waals surface area contributed by atoms with Crippen molar-refractivity contribution < 1.29 is 0 Å². The van der Waals surface area contributed by atoms with E-state index < -0.39 is 0 Å². The minimum atomic E-state index is 0.363. The summed E-state index contributed by atoms with van der Waals surface area (Å²) in [6.45, 7) is 9.65. The summed E-state index contributed by atoms with van der Waals surface area (Å²) in [5.74, 6) is 7.37. The van der Waals surface area contributed by atoms with Gasteiger partial charge in [0, 0.05) is 30.1 Å². The number of nitrogens with zero attached hydrogens (tertiary/aromatic N) is 3. The van der Waals surface area contributed by atoms with Crippen molar-refractivity contribution >= 4 is 0 Å². The Morgan fingerprint density at radius 3 is 2.58 bits per heavy atom. The Kier molecular flexibility index (Phi) is 4.31. The van der Waals surface area contributed by atoms with Gasteiger partial charge in [0.2, 0.25) is 0 Å². The summed E-state index contributed by atoms with van der Waals surface area (Å²) in [7, 11) is 2.15. The van der Waals surface area contributed by atoms with E-state index in [1.54, 1.807) is 0 Å². The van der Waals surface area contributed by atoms with Gasteiger partial charge in [0.1, 0.15) is 5.69 Å². The van der Waals surface area contributed by atoms with Crippen LogP contribution >= 0.6 is 0 Å². The molecule has 1 aromatic rings. The molecule has 1 aliphatic rings. The summed E-state index contributed by atoms with van der Waals surface area (Å²) in [5, 5.41) is 4.51. The molecule has 0 radical (unpaired) electrons. The van der Waals surface area contributed by atoms with Gasteiger partial charge in [0.15, 0.2) is 0 Å². The van der Waals surface area contributed by atoms with Crippen molar-refractivity contribution in [1.82, 2.24) is 14.7 Å². The summed E-state index contributed by atoms with van der Waals surface area (Å²) in [6.07, 6.45) is 4.52. The van der Waals surface area contributed by atoms with E-state index in [-0.39, 0.29) is 0 Å². The van der Waals surface area contributed by atoms with Crippen molar-refractivity contribution in [3.8, 4) is 11.8 Å². The zero-order valence-electron chi connectivity index (χ0n) is 12.8. The summed E-state index contributed by atoms with van der Waals surface area (Å²) >= 11 is 0. The minimum absolute atomic E-state index is 0.363. The van der Waals surface area contributed by atoms with Gasteiger partial charge < -0.3 is 0 Å². The van der Waals surface area contributed by atoms with Crippen LogP contribution in [0, 0.1) is 17.8 Å². The van der Waals surface area contributed by atoms with Gasteiger partial charge in [-0.1, -0.05) is 5.92 Å². The molecule has 3 nitrogen and oxygen atoms in total. The SMILES string of the molecule is CC(C)N(C)Cc1cnn(C(C)C)c1C#CC1CC1. The highest BCUT2D eigenvalue weighted by Crippen LogP contribution is 2.28. The average Bonchev–Trinajstić information content (AvgIpc) is 3.08.